The Morgan fingerprint density at radius 1 is 1.22 bits per heavy atom. The average molecular weight is 437 g/mol. The third kappa shape index (κ3) is 3.36. The van der Waals surface area contributed by atoms with Gasteiger partial charge in [0.25, 0.3) is 5.91 Å². The molecule has 0 spiro atoms. The van der Waals surface area contributed by atoms with E-state index in [4.69, 9.17) is 9.40 Å². The van der Waals surface area contributed by atoms with Gasteiger partial charge < -0.3 is 19.2 Å². The molecule has 8 heteroatoms. The number of hydrogen-bond donors (Lipinski definition) is 1. The molecule has 3 aromatic rings. The van der Waals surface area contributed by atoms with Gasteiger partial charge in [0.1, 0.15) is 23.7 Å². The number of rotatable bonds is 6. The molecular weight excluding hydrogens is 404 g/mol. The Morgan fingerprint density at radius 3 is 2.66 bits per heavy atom. The van der Waals surface area contributed by atoms with Crippen molar-refractivity contribution < 1.29 is 9.21 Å². The van der Waals surface area contributed by atoms with Crippen LogP contribution in [0.15, 0.2) is 10.7 Å². The number of aromatic nitrogens is 4. The number of carbonyl (C=O) groups excluding carboxylic acids is 1. The van der Waals surface area contributed by atoms with Crippen molar-refractivity contribution in [1.29, 1.82) is 0 Å². The Labute approximate surface area is 188 Å². The topological polar surface area (TPSA) is 89.1 Å². The van der Waals surface area contributed by atoms with E-state index in [1.165, 1.54) is 12.0 Å². The SMILES string of the molecule is CCC(CC)c1nc(C)n2c1CN(C(=O)c1c(C)oc3ncnc(NC4(C)CC4)c13)CC2. The Bertz CT molecular complexity index is 1190. The van der Waals surface area contributed by atoms with Crippen molar-refractivity contribution in [3.63, 3.8) is 0 Å². The summed E-state index contributed by atoms with van der Waals surface area (Å²) < 4.78 is 8.18. The molecule has 1 aliphatic heterocycles. The summed E-state index contributed by atoms with van der Waals surface area (Å²) in [5.74, 6) is 2.70. The van der Waals surface area contributed by atoms with Crippen LogP contribution in [0.1, 0.15) is 85.7 Å². The van der Waals surface area contributed by atoms with Gasteiger partial charge in [-0.3, -0.25) is 4.79 Å². The highest BCUT2D eigenvalue weighted by Gasteiger charge is 2.39. The lowest BCUT2D eigenvalue weighted by molar-refractivity contribution is 0.0709. The molecular formula is C24H32N6O2. The minimum absolute atomic E-state index is 0.0272. The fourth-order valence-corrected chi connectivity index (χ4v) is 4.91. The van der Waals surface area contributed by atoms with Gasteiger partial charge in [-0.05, 0) is 46.5 Å². The number of imidazole rings is 1. The van der Waals surface area contributed by atoms with E-state index in [9.17, 15) is 4.79 Å². The summed E-state index contributed by atoms with van der Waals surface area (Å²) in [6.07, 6.45) is 5.77. The van der Waals surface area contributed by atoms with Crippen LogP contribution < -0.4 is 5.32 Å². The molecule has 170 valence electrons. The third-order valence-corrected chi connectivity index (χ3v) is 7.19. The van der Waals surface area contributed by atoms with Gasteiger partial charge in [0.05, 0.1) is 28.9 Å². The molecule has 0 bridgehead atoms. The molecule has 1 aliphatic carbocycles. The van der Waals surface area contributed by atoms with E-state index in [0.717, 1.165) is 43.7 Å². The fourth-order valence-electron chi connectivity index (χ4n) is 4.91. The molecule has 1 amide bonds. The Morgan fingerprint density at radius 2 is 1.97 bits per heavy atom. The summed E-state index contributed by atoms with van der Waals surface area (Å²) in [6.45, 7) is 12.4. The smallest absolute Gasteiger partial charge is 0.258 e. The van der Waals surface area contributed by atoms with E-state index in [1.807, 2.05) is 11.8 Å². The lowest BCUT2D eigenvalue weighted by Crippen LogP contribution is -2.39. The van der Waals surface area contributed by atoms with Crippen molar-refractivity contribution in [2.75, 3.05) is 11.9 Å². The maximum atomic E-state index is 13.8. The quantitative estimate of drug-likeness (QED) is 0.609. The van der Waals surface area contributed by atoms with Gasteiger partial charge in [-0.15, -0.1) is 0 Å². The first kappa shape index (κ1) is 21.0. The second-order valence-corrected chi connectivity index (χ2v) is 9.50. The van der Waals surface area contributed by atoms with Crippen molar-refractivity contribution in [3.8, 4) is 0 Å². The lowest BCUT2D eigenvalue weighted by atomic mass is 9.97. The Balaban J connectivity index is 1.52. The fraction of sp³-hybridized carbons (Fsp3) is 0.583. The highest BCUT2D eigenvalue weighted by Crippen LogP contribution is 2.40. The molecule has 0 aromatic carbocycles. The predicted octanol–water partition coefficient (Wildman–Crippen LogP) is 4.56. The monoisotopic (exact) mass is 436 g/mol. The summed E-state index contributed by atoms with van der Waals surface area (Å²) in [4.78, 5) is 29.4. The largest absolute Gasteiger partial charge is 0.442 e. The number of anilines is 1. The first-order valence-corrected chi connectivity index (χ1v) is 11.7. The highest BCUT2D eigenvalue weighted by molar-refractivity contribution is 6.10. The molecule has 0 unspecified atom stereocenters. The van der Waals surface area contributed by atoms with Crippen molar-refractivity contribution in [3.05, 3.63) is 34.9 Å². The first-order valence-electron chi connectivity index (χ1n) is 11.7. The minimum atomic E-state index is -0.0272. The normalized spacial score (nSPS) is 17.1. The second-order valence-electron chi connectivity index (χ2n) is 9.50. The van der Waals surface area contributed by atoms with Gasteiger partial charge in [-0.25, -0.2) is 15.0 Å². The van der Waals surface area contributed by atoms with Crippen LogP contribution in [0.4, 0.5) is 5.82 Å². The molecule has 8 nitrogen and oxygen atoms in total. The predicted molar refractivity (Wildman–Crippen MR) is 123 cm³/mol. The molecule has 1 fully saturated rings. The lowest BCUT2D eigenvalue weighted by Gasteiger charge is -2.30. The van der Waals surface area contributed by atoms with E-state index in [-0.39, 0.29) is 11.4 Å². The number of hydrogen-bond acceptors (Lipinski definition) is 6. The van der Waals surface area contributed by atoms with E-state index >= 15 is 0 Å². The first-order chi connectivity index (χ1) is 15.3. The molecule has 2 aliphatic rings. The standard InChI is InChI=1S/C24H32N6O2/c1-6-16(7-2)20-17-12-29(10-11-30(17)15(4)27-20)23(31)18-14(3)32-22-19(18)21(25-13-26-22)28-24(5)8-9-24/h13,16H,6-12H2,1-5H3,(H,25,26,28). The van der Waals surface area contributed by atoms with Gasteiger partial charge in [0.15, 0.2) is 0 Å². The third-order valence-electron chi connectivity index (χ3n) is 7.19. The Kier molecular flexibility index (Phi) is 4.98. The molecule has 4 heterocycles. The molecule has 5 rings (SSSR count). The van der Waals surface area contributed by atoms with E-state index in [2.05, 4.69) is 47.5 Å². The van der Waals surface area contributed by atoms with E-state index in [0.29, 0.717) is 47.2 Å². The van der Waals surface area contributed by atoms with Gasteiger partial charge in [0, 0.05) is 24.5 Å². The van der Waals surface area contributed by atoms with Gasteiger partial charge in [-0.1, -0.05) is 13.8 Å². The molecule has 1 N–H and O–H groups in total. The summed E-state index contributed by atoms with van der Waals surface area (Å²) >= 11 is 0. The second kappa shape index (κ2) is 7.60. The minimum Gasteiger partial charge on any atom is -0.442 e. The summed E-state index contributed by atoms with van der Waals surface area (Å²) in [7, 11) is 0. The van der Waals surface area contributed by atoms with Gasteiger partial charge >= 0.3 is 0 Å². The summed E-state index contributed by atoms with van der Waals surface area (Å²) in [6, 6.07) is 0. The number of fused-ring (bicyclic) bond motifs is 2. The molecule has 32 heavy (non-hydrogen) atoms. The van der Waals surface area contributed by atoms with Crippen LogP contribution in [-0.2, 0) is 13.1 Å². The summed E-state index contributed by atoms with van der Waals surface area (Å²) in [5, 5.41) is 4.20. The van der Waals surface area contributed by atoms with Crippen molar-refractivity contribution in [2.24, 2.45) is 0 Å². The van der Waals surface area contributed by atoms with Gasteiger partial charge in [-0.2, -0.15) is 0 Å². The zero-order valence-electron chi connectivity index (χ0n) is 19.7. The number of nitrogens with one attached hydrogen (secondary N) is 1. The zero-order chi connectivity index (χ0) is 22.6. The molecule has 0 saturated heterocycles. The van der Waals surface area contributed by atoms with Gasteiger partial charge in [0.2, 0.25) is 5.71 Å². The van der Waals surface area contributed by atoms with Crippen LogP contribution in [0.2, 0.25) is 0 Å². The summed E-state index contributed by atoms with van der Waals surface area (Å²) in [5.41, 5.74) is 3.38. The number of nitrogens with zero attached hydrogens (tertiary/aromatic N) is 5. The molecule has 0 atom stereocenters. The van der Waals surface area contributed by atoms with E-state index < -0.39 is 0 Å². The maximum Gasteiger partial charge on any atom is 0.258 e. The molecule has 1 saturated carbocycles. The van der Waals surface area contributed by atoms with Crippen LogP contribution in [0.5, 0.6) is 0 Å². The van der Waals surface area contributed by atoms with E-state index in [1.54, 1.807) is 0 Å². The van der Waals surface area contributed by atoms with Crippen LogP contribution in [-0.4, -0.2) is 42.4 Å². The number of aryl methyl sites for hydroxylation is 2. The van der Waals surface area contributed by atoms with Crippen molar-refractivity contribution in [2.45, 2.75) is 84.8 Å². The number of amides is 1. The zero-order valence-corrected chi connectivity index (χ0v) is 19.7. The van der Waals surface area contributed by atoms with Crippen molar-refractivity contribution in [1.82, 2.24) is 24.4 Å². The van der Waals surface area contributed by atoms with Crippen LogP contribution in [0.3, 0.4) is 0 Å². The Hall–Kier alpha value is -2.90. The number of carbonyl (C=O) groups is 1. The average Bonchev–Trinajstić information content (AvgIpc) is 3.27. The van der Waals surface area contributed by atoms with Crippen LogP contribution >= 0.6 is 0 Å². The van der Waals surface area contributed by atoms with Crippen LogP contribution in [0.25, 0.3) is 11.1 Å². The van der Waals surface area contributed by atoms with Crippen molar-refractivity contribution >= 4 is 22.8 Å². The van der Waals surface area contributed by atoms with Crippen LogP contribution in [0, 0.1) is 13.8 Å². The molecule has 3 aromatic heterocycles. The maximum absolute atomic E-state index is 13.8. The molecule has 0 radical (unpaired) electrons. The highest BCUT2D eigenvalue weighted by atomic mass is 16.3. The number of furan rings is 1.